The monoisotopic (exact) mass is 748 g/mol. The Morgan fingerprint density at radius 2 is 1.81 bits per heavy atom. The molecule has 1 aromatic carbocycles. The third kappa shape index (κ3) is 6.82. The number of halogens is 1. The van der Waals surface area contributed by atoms with Crippen LogP contribution >= 0.6 is 11.6 Å². The largest absolute Gasteiger partial charge is 0.481 e. The van der Waals surface area contributed by atoms with E-state index in [9.17, 15) is 19.5 Å². The molecule has 1 aromatic heterocycles. The van der Waals surface area contributed by atoms with Gasteiger partial charge in [0.2, 0.25) is 11.8 Å². The summed E-state index contributed by atoms with van der Waals surface area (Å²) in [6.07, 6.45) is 9.54. The summed E-state index contributed by atoms with van der Waals surface area (Å²) in [5, 5.41) is 19.1. The van der Waals surface area contributed by atoms with E-state index in [0.29, 0.717) is 53.8 Å². The van der Waals surface area contributed by atoms with E-state index in [2.05, 4.69) is 51.7 Å². The van der Waals surface area contributed by atoms with Gasteiger partial charge in [0.25, 0.3) is 0 Å². The molecule has 0 radical (unpaired) electrons. The number of Topliss-reactive ketones (excluding diaryl/α,β-unsaturated/α-hetero) is 1. The summed E-state index contributed by atoms with van der Waals surface area (Å²) in [6, 6.07) is 7.46. The number of allylic oxidation sites excluding steroid dienone is 2. The van der Waals surface area contributed by atoms with Crippen LogP contribution in [0.4, 0.5) is 0 Å². The minimum atomic E-state index is -1.16. The lowest BCUT2D eigenvalue weighted by Gasteiger charge is -2.69. The number of ketones is 1. The second-order valence-corrected chi connectivity index (χ2v) is 19.4. The van der Waals surface area contributed by atoms with Gasteiger partial charge in [-0.2, -0.15) is 0 Å². The molecule has 4 aliphatic carbocycles. The molecular weight excluding hydrogens is 688 g/mol. The Labute approximate surface area is 321 Å². The van der Waals surface area contributed by atoms with Gasteiger partial charge in [-0.3, -0.25) is 14.4 Å². The molecule has 3 fully saturated rings. The Hall–Kier alpha value is -3.00. The number of benzene rings is 1. The van der Waals surface area contributed by atoms with Crippen molar-refractivity contribution >= 4 is 29.3 Å². The summed E-state index contributed by atoms with van der Waals surface area (Å²) in [7, 11) is 0. The fourth-order valence-corrected chi connectivity index (χ4v) is 11.9. The number of esters is 1. The normalized spacial score (nSPS) is 33.3. The van der Waals surface area contributed by atoms with Crippen LogP contribution in [0.25, 0.3) is 11.5 Å². The zero-order chi connectivity index (χ0) is 38.7. The molecule has 290 valence electrons. The Kier molecular flexibility index (Phi) is 10.7. The highest BCUT2D eigenvalue weighted by Gasteiger charge is 2.67. The van der Waals surface area contributed by atoms with Gasteiger partial charge in [-0.05, 0) is 135 Å². The fourth-order valence-electron chi connectivity index (χ4n) is 11.7. The SMILES string of the molecule is CC[C@H](CC[C@@]1(C)[C@H](C)CC[C@]2(C)[C@@H]1CC[C@@H]1C3=C(C(C)C)C(=O)C[C@]3(Cc3nnc(-c4cccc(Cl)c4)o3)CC[C@]12C)OC(=O)CC(C)(C)C(=O)O. The first-order chi connectivity index (χ1) is 24.8. The summed E-state index contributed by atoms with van der Waals surface area (Å²) in [5.74, 6) is 1.34. The highest BCUT2D eigenvalue weighted by molar-refractivity contribution is 6.30. The third-order valence-electron chi connectivity index (χ3n) is 15.3. The standard InChI is InChI=1S/C44H61ClN2O6/c1-10-30(52-35(49)25-40(5,6)39(50)51)17-18-41(7)27(4)16-19-43(9)33(41)15-14-31-37-36(26(2)3)32(48)23-44(37,21-20-42(31,43)8)24-34-46-47-38(53-34)28-12-11-13-29(45)22-28/h11-13,22,26-27,30-31,33H,10,14-21,23-25H2,1-9H3,(H,50,51)/t27-,30-,31-,33-,41+,42-,43-,44+/m1/s1. The van der Waals surface area contributed by atoms with Gasteiger partial charge in [-0.25, -0.2) is 0 Å². The lowest BCUT2D eigenvalue weighted by Crippen LogP contribution is -2.62. The first-order valence-corrected chi connectivity index (χ1v) is 20.5. The Bertz CT molecular complexity index is 1780. The molecule has 0 amide bonds. The minimum absolute atomic E-state index is 0.0146. The van der Waals surface area contributed by atoms with Crippen molar-refractivity contribution in [1.82, 2.24) is 10.2 Å². The number of hydrogen-bond donors (Lipinski definition) is 1. The van der Waals surface area contributed by atoms with Gasteiger partial charge in [-0.1, -0.05) is 71.7 Å². The molecule has 8 atom stereocenters. The van der Waals surface area contributed by atoms with Crippen molar-refractivity contribution in [2.24, 2.45) is 50.7 Å². The molecule has 0 spiro atoms. The molecule has 1 N–H and O–H groups in total. The van der Waals surface area contributed by atoms with Crippen LogP contribution in [0, 0.1) is 50.7 Å². The van der Waals surface area contributed by atoms with Gasteiger partial charge >= 0.3 is 11.9 Å². The van der Waals surface area contributed by atoms with Gasteiger partial charge in [-0.15, -0.1) is 10.2 Å². The number of carboxylic acids is 1. The fraction of sp³-hybridized carbons (Fsp3) is 0.705. The number of carbonyl (C=O) groups is 3. The molecule has 0 unspecified atom stereocenters. The first-order valence-electron chi connectivity index (χ1n) is 20.1. The maximum Gasteiger partial charge on any atom is 0.309 e. The molecule has 4 aliphatic rings. The Morgan fingerprint density at radius 1 is 1.08 bits per heavy atom. The molecule has 0 aliphatic heterocycles. The van der Waals surface area contributed by atoms with E-state index in [-0.39, 0.29) is 45.9 Å². The van der Waals surface area contributed by atoms with Gasteiger partial charge in [0.1, 0.15) is 6.10 Å². The topological polar surface area (TPSA) is 120 Å². The van der Waals surface area contributed by atoms with Gasteiger partial charge < -0.3 is 14.3 Å². The lowest BCUT2D eigenvalue weighted by atomic mass is 9.35. The second kappa shape index (κ2) is 14.3. The molecule has 0 saturated heterocycles. The molecule has 0 bridgehead atoms. The molecule has 3 saturated carbocycles. The number of nitrogens with zero attached hydrogens (tertiary/aromatic N) is 2. The van der Waals surface area contributed by atoms with Crippen LogP contribution in [-0.2, 0) is 25.5 Å². The number of hydrogen-bond acceptors (Lipinski definition) is 7. The zero-order valence-electron chi connectivity index (χ0n) is 33.4. The number of aromatic nitrogens is 2. The van der Waals surface area contributed by atoms with E-state index < -0.39 is 17.4 Å². The number of rotatable bonds is 12. The van der Waals surface area contributed by atoms with E-state index in [1.54, 1.807) is 13.8 Å². The summed E-state index contributed by atoms with van der Waals surface area (Å²) >= 11 is 6.27. The average Bonchev–Trinajstić information content (AvgIpc) is 3.67. The van der Waals surface area contributed by atoms with Crippen molar-refractivity contribution in [2.75, 3.05) is 0 Å². The maximum absolute atomic E-state index is 14.1. The van der Waals surface area contributed by atoms with E-state index in [0.717, 1.165) is 62.5 Å². The summed E-state index contributed by atoms with van der Waals surface area (Å²) < 4.78 is 12.3. The molecule has 1 heterocycles. The number of carboxylic acid groups (broad SMARTS) is 1. The number of carbonyl (C=O) groups excluding carboxylic acids is 2. The van der Waals surface area contributed by atoms with Crippen molar-refractivity contribution in [1.29, 1.82) is 0 Å². The summed E-state index contributed by atoms with van der Waals surface area (Å²) in [5.41, 5.74) is 1.88. The Morgan fingerprint density at radius 3 is 2.47 bits per heavy atom. The van der Waals surface area contributed by atoms with Crippen LogP contribution in [0.3, 0.4) is 0 Å². The van der Waals surface area contributed by atoms with Crippen molar-refractivity contribution in [3.05, 3.63) is 46.3 Å². The van der Waals surface area contributed by atoms with Crippen molar-refractivity contribution in [2.45, 2.75) is 145 Å². The van der Waals surface area contributed by atoms with Gasteiger partial charge in [0.05, 0.1) is 11.8 Å². The quantitative estimate of drug-likeness (QED) is 0.213. The van der Waals surface area contributed by atoms with Crippen LogP contribution in [0.1, 0.15) is 139 Å². The Balaban J connectivity index is 1.27. The van der Waals surface area contributed by atoms with Crippen LogP contribution < -0.4 is 0 Å². The molecular formula is C44H61ClN2O6. The van der Waals surface area contributed by atoms with E-state index in [1.165, 1.54) is 5.57 Å². The predicted octanol–water partition coefficient (Wildman–Crippen LogP) is 10.7. The first kappa shape index (κ1) is 39.7. The van der Waals surface area contributed by atoms with E-state index in [1.807, 2.05) is 31.2 Å². The van der Waals surface area contributed by atoms with E-state index in [4.69, 9.17) is 20.8 Å². The number of aliphatic carboxylic acids is 1. The third-order valence-corrected chi connectivity index (χ3v) is 15.5. The highest BCUT2D eigenvalue weighted by atomic mass is 35.5. The van der Waals surface area contributed by atoms with Gasteiger partial charge in [0, 0.05) is 28.8 Å². The zero-order valence-corrected chi connectivity index (χ0v) is 34.2. The summed E-state index contributed by atoms with van der Waals surface area (Å²) in [6.45, 7) is 19.6. The minimum Gasteiger partial charge on any atom is -0.481 e. The molecule has 8 nitrogen and oxygen atoms in total. The average molecular weight is 749 g/mol. The van der Waals surface area contributed by atoms with Gasteiger partial charge in [0.15, 0.2) is 5.78 Å². The summed E-state index contributed by atoms with van der Waals surface area (Å²) in [4.78, 5) is 38.6. The van der Waals surface area contributed by atoms with Crippen LogP contribution in [0.15, 0.2) is 39.8 Å². The second-order valence-electron chi connectivity index (χ2n) is 18.9. The maximum atomic E-state index is 14.1. The van der Waals surface area contributed by atoms with Crippen LogP contribution in [0.5, 0.6) is 0 Å². The number of fused-ring (bicyclic) bond motifs is 5. The smallest absolute Gasteiger partial charge is 0.309 e. The van der Waals surface area contributed by atoms with Crippen molar-refractivity contribution < 1.29 is 28.6 Å². The van der Waals surface area contributed by atoms with Crippen molar-refractivity contribution in [3.8, 4) is 11.5 Å². The lowest BCUT2D eigenvalue weighted by molar-refractivity contribution is -0.187. The highest BCUT2D eigenvalue weighted by Crippen LogP contribution is 2.75. The predicted molar refractivity (Wildman–Crippen MR) is 206 cm³/mol. The number of ether oxygens (including phenoxy) is 1. The van der Waals surface area contributed by atoms with E-state index >= 15 is 0 Å². The van der Waals surface area contributed by atoms with Crippen LogP contribution in [-0.4, -0.2) is 39.1 Å². The molecule has 2 aromatic rings. The van der Waals surface area contributed by atoms with Crippen LogP contribution in [0.2, 0.25) is 5.02 Å². The molecule has 53 heavy (non-hydrogen) atoms. The molecule has 9 heteroatoms. The molecule has 6 rings (SSSR count). The van der Waals surface area contributed by atoms with Crippen molar-refractivity contribution in [3.63, 3.8) is 0 Å².